The fourth-order valence-electron chi connectivity index (χ4n) is 2.64. The molecule has 0 bridgehead atoms. The SMILES string of the molecule is CCCC=CC1CCCC1CC=CCCC(=O)O. The molecule has 0 saturated heterocycles. The Labute approximate surface area is 111 Å². The molecule has 18 heavy (non-hydrogen) atoms. The minimum Gasteiger partial charge on any atom is -0.481 e. The molecular weight excluding hydrogens is 224 g/mol. The second-order valence-corrected chi connectivity index (χ2v) is 5.21. The number of rotatable bonds is 8. The highest BCUT2D eigenvalue weighted by atomic mass is 16.4. The van der Waals surface area contributed by atoms with Crippen molar-refractivity contribution in [3.05, 3.63) is 24.3 Å². The smallest absolute Gasteiger partial charge is 0.303 e. The van der Waals surface area contributed by atoms with Crippen LogP contribution in [0.5, 0.6) is 0 Å². The maximum atomic E-state index is 10.4. The van der Waals surface area contributed by atoms with Crippen LogP contribution in [0.25, 0.3) is 0 Å². The minimum atomic E-state index is -0.708. The molecule has 2 heteroatoms. The van der Waals surface area contributed by atoms with Gasteiger partial charge in [-0.05, 0) is 43.9 Å². The van der Waals surface area contributed by atoms with Crippen molar-refractivity contribution < 1.29 is 9.90 Å². The third-order valence-corrected chi connectivity index (χ3v) is 3.69. The Bertz CT molecular complexity index is 291. The molecule has 102 valence electrons. The van der Waals surface area contributed by atoms with Gasteiger partial charge < -0.3 is 5.11 Å². The van der Waals surface area contributed by atoms with E-state index in [1.165, 1.54) is 32.1 Å². The highest BCUT2D eigenvalue weighted by Crippen LogP contribution is 2.35. The summed E-state index contributed by atoms with van der Waals surface area (Å²) in [5.74, 6) is 0.820. The van der Waals surface area contributed by atoms with Crippen molar-refractivity contribution in [1.29, 1.82) is 0 Å². The van der Waals surface area contributed by atoms with Crippen molar-refractivity contribution in [3.8, 4) is 0 Å². The quantitative estimate of drug-likeness (QED) is 0.641. The molecule has 2 atom stereocenters. The van der Waals surface area contributed by atoms with E-state index in [4.69, 9.17) is 5.11 Å². The summed E-state index contributed by atoms with van der Waals surface area (Å²) in [6, 6.07) is 0. The number of carbonyl (C=O) groups is 1. The molecule has 1 N–H and O–H groups in total. The number of allylic oxidation sites excluding steroid dienone is 4. The zero-order valence-electron chi connectivity index (χ0n) is 11.5. The Balaban J connectivity index is 2.25. The van der Waals surface area contributed by atoms with Crippen molar-refractivity contribution in [3.63, 3.8) is 0 Å². The topological polar surface area (TPSA) is 37.3 Å². The largest absolute Gasteiger partial charge is 0.481 e. The van der Waals surface area contributed by atoms with Crippen LogP contribution in [0, 0.1) is 11.8 Å². The third-order valence-electron chi connectivity index (χ3n) is 3.69. The molecule has 1 saturated carbocycles. The summed E-state index contributed by atoms with van der Waals surface area (Å²) >= 11 is 0. The predicted octanol–water partition coefficient (Wildman–Crippen LogP) is 4.57. The van der Waals surface area contributed by atoms with Crippen LogP contribution >= 0.6 is 0 Å². The molecule has 2 unspecified atom stereocenters. The molecule has 0 amide bonds. The van der Waals surface area contributed by atoms with Crippen LogP contribution in [0.15, 0.2) is 24.3 Å². The summed E-state index contributed by atoms with van der Waals surface area (Å²) in [7, 11) is 0. The number of hydrogen-bond acceptors (Lipinski definition) is 1. The molecule has 0 spiro atoms. The van der Waals surface area contributed by atoms with Gasteiger partial charge in [0.1, 0.15) is 0 Å². The average molecular weight is 250 g/mol. The van der Waals surface area contributed by atoms with Crippen LogP contribution in [0.1, 0.15) is 58.3 Å². The Morgan fingerprint density at radius 1 is 1.22 bits per heavy atom. The molecule has 1 fully saturated rings. The van der Waals surface area contributed by atoms with Gasteiger partial charge in [0, 0.05) is 6.42 Å². The van der Waals surface area contributed by atoms with E-state index in [1.54, 1.807) is 0 Å². The lowest BCUT2D eigenvalue weighted by atomic mass is 9.92. The lowest BCUT2D eigenvalue weighted by Crippen LogP contribution is -2.03. The molecule has 0 heterocycles. The Hall–Kier alpha value is -1.05. The van der Waals surface area contributed by atoms with E-state index in [9.17, 15) is 4.79 Å². The number of unbranched alkanes of at least 4 members (excludes halogenated alkanes) is 1. The monoisotopic (exact) mass is 250 g/mol. The van der Waals surface area contributed by atoms with Gasteiger partial charge in [-0.1, -0.05) is 44.1 Å². The summed E-state index contributed by atoms with van der Waals surface area (Å²) in [6.07, 6.45) is 17.4. The first-order chi connectivity index (χ1) is 8.74. The van der Waals surface area contributed by atoms with E-state index < -0.39 is 5.97 Å². The van der Waals surface area contributed by atoms with Gasteiger partial charge in [-0.15, -0.1) is 0 Å². The zero-order valence-corrected chi connectivity index (χ0v) is 11.5. The maximum Gasteiger partial charge on any atom is 0.303 e. The lowest BCUT2D eigenvalue weighted by Gasteiger charge is -2.13. The van der Waals surface area contributed by atoms with Crippen LogP contribution in [0.4, 0.5) is 0 Å². The first kappa shape index (κ1) is 15.0. The van der Waals surface area contributed by atoms with Crippen LogP contribution in [0.2, 0.25) is 0 Å². The summed E-state index contributed by atoms with van der Waals surface area (Å²) in [5, 5.41) is 8.54. The van der Waals surface area contributed by atoms with Gasteiger partial charge in [0.25, 0.3) is 0 Å². The fraction of sp³-hybridized carbons (Fsp3) is 0.688. The van der Waals surface area contributed by atoms with Crippen LogP contribution in [0.3, 0.4) is 0 Å². The van der Waals surface area contributed by atoms with Crippen LogP contribution < -0.4 is 0 Å². The Morgan fingerprint density at radius 3 is 2.78 bits per heavy atom. The van der Waals surface area contributed by atoms with Crippen LogP contribution in [-0.4, -0.2) is 11.1 Å². The van der Waals surface area contributed by atoms with Gasteiger partial charge in [0.05, 0.1) is 0 Å². The van der Waals surface area contributed by atoms with Gasteiger partial charge in [0.15, 0.2) is 0 Å². The van der Waals surface area contributed by atoms with E-state index in [0.29, 0.717) is 6.42 Å². The Morgan fingerprint density at radius 2 is 2.06 bits per heavy atom. The van der Waals surface area contributed by atoms with E-state index >= 15 is 0 Å². The minimum absolute atomic E-state index is 0.251. The van der Waals surface area contributed by atoms with E-state index in [-0.39, 0.29) is 6.42 Å². The van der Waals surface area contributed by atoms with Gasteiger partial charge in [-0.2, -0.15) is 0 Å². The normalized spacial score (nSPS) is 24.3. The second kappa shape index (κ2) is 8.96. The summed E-state index contributed by atoms with van der Waals surface area (Å²) in [5.41, 5.74) is 0. The van der Waals surface area contributed by atoms with Crippen molar-refractivity contribution >= 4 is 5.97 Å². The molecule has 0 radical (unpaired) electrons. The summed E-state index contributed by atoms with van der Waals surface area (Å²) < 4.78 is 0. The molecule has 1 rings (SSSR count). The van der Waals surface area contributed by atoms with Gasteiger partial charge in [-0.25, -0.2) is 0 Å². The molecule has 0 aromatic rings. The fourth-order valence-corrected chi connectivity index (χ4v) is 2.64. The number of carboxylic acid groups (broad SMARTS) is 1. The van der Waals surface area contributed by atoms with Gasteiger partial charge in [-0.3, -0.25) is 4.79 Å². The van der Waals surface area contributed by atoms with Crippen molar-refractivity contribution in [2.45, 2.75) is 58.3 Å². The summed E-state index contributed by atoms with van der Waals surface area (Å²) in [4.78, 5) is 10.4. The molecule has 1 aliphatic rings. The molecule has 0 aromatic carbocycles. The highest BCUT2D eigenvalue weighted by molar-refractivity contribution is 5.66. The highest BCUT2D eigenvalue weighted by Gasteiger charge is 2.23. The first-order valence-corrected chi connectivity index (χ1v) is 7.27. The van der Waals surface area contributed by atoms with Crippen molar-refractivity contribution in [1.82, 2.24) is 0 Å². The Kier molecular flexibility index (Phi) is 7.47. The second-order valence-electron chi connectivity index (χ2n) is 5.21. The van der Waals surface area contributed by atoms with Crippen LogP contribution in [-0.2, 0) is 4.79 Å². The first-order valence-electron chi connectivity index (χ1n) is 7.27. The van der Waals surface area contributed by atoms with Gasteiger partial charge >= 0.3 is 5.97 Å². The lowest BCUT2D eigenvalue weighted by molar-refractivity contribution is -0.136. The zero-order chi connectivity index (χ0) is 13.2. The number of carboxylic acids is 1. The predicted molar refractivity (Wildman–Crippen MR) is 75.5 cm³/mol. The molecule has 2 nitrogen and oxygen atoms in total. The number of aliphatic carboxylic acids is 1. The molecule has 0 aliphatic heterocycles. The maximum absolute atomic E-state index is 10.4. The molecular formula is C16H26O2. The summed E-state index contributed by atoms with van der Waals surface area (Å²) in [6.45, 7) is 2.21. The third kappa shape index (κ3) is 6.04. The van der Waals surface area contributed by atoms with E-state index in [0.717, 1.165) is 18.3 Å². The molecule has 0 aromatic heterocycles. The van der Waals surface area contributed by atoms with E-state index in [2.05, 4.69) is 25.2 Å². The standard InChI is InChI=1S/C16H26O2/c1-2-3-5-9-14-11-8-12-15(14)10-6-4-7-13-16(17)18/h4-6,9,14-15H,2-3,7-8,10-13H2,1H3,(H,17,18). The number of hydrogen-bond donors (Lipinski definition) is 1. The van der Waals surface area contributed by atoms with Gasteiger partial charge in [0.2, 0.25) is 0 Å². The van der Waals surface area contributed by atoms with Crippen molar-refractivity contribution in [2.24, 2.45) is 11.8 Å². The average Bonchev–Trinajstić information content (AvgIpc) is 2.76. The van der Waals surface area contributed by atoms with E-state index in [1.807, 2.05) is 6.08 Å². The molecule has 1 aliphatic carbocycles. The van der Waals surface area contributed by atoms with Crippen molar-refractivity contribution in [2.75, 3.05) is 0 Å².